The highest BCUT2D eigenvalue weighted by atomic mass is 31.2. The molecule has 0 rings (SSSR count). The molecule has 10 heteroatoms. The van der Waals surface area contributed by atoms with Crippen molar-refractivity contribution >= 4 is 19.7 Å². The second-order valence-electron chi connectivity index (χ2n) is 21.8. The van der Waals surface area contributed by atoms with Crippen LogP contribution in [0.4, 0.5) is 0 Å². The molecule has 1 N–H and O–H groups in total. The number of amides is 1. The number of phosphoric acid groups is 1. The lowest BCUT2D eigenvalue weighted by Crippen LogP contribution is -2.47. The third-order valence-corrected chi connectivity index (χ3v) is 14.1. The summed E-state index contributed by atoms with van der Waals surface area (Å²) in [6.07, 6.45) is 76.3. The van der Waals surface area contributed by atoms with Crippen LogP contribution in [-0.4, -0.2) is 69.4 Å². The van der Waals surface area contributed by atoms with Crippen molar-refractivity contribution < 1.29 is 37.3 Å². The number of nitrogens with one attached hydrogen (secondary N) is 1. The van der Waals surface area contributed by atoms with Crippen molar-refractivity contribution in [3.05, 3.63) is 109 Å². The molecule has 3 unspecified atom stereocenters. The Balaban J connectivity index is 5.30. The third kappa shape index (κ3) is 57.2. The normalized spacial score (nSPS) is 14.4. The lowest BCUT2D eigenvalue weighted by atomic mass is 10.1. The fourth-order valence-electron chi connectivity index (χ4n) is 8.32. The first kappa shape index (κ1) is 73.7. The number of quaternary nitrogens is 1. The summed E-state index contributed by atoms with van der Waals surface area (Å²) >= 11 is 0. The molecule has 0 aromatic rings. The van der Waals surface area contributed by atoms with Gasteiger partial charge in [-0.2, -0.15) is 0 Å². The molecular formula is C67H117N2O7P. The molecule has 9 nitrogen and oxygen atoms in total. The van der Waals surface area contributed by atoms with E-state index in [1.165, 1.54) is 116 Å². The van der Waals surface area contributed by atoms with Gasteiger partial charge in [0.1, 0.15) is 19.3 Å². The first-order chi connectivity index (χ1) is 37.4. The predicted molar refractivity (Wildman–Crippen MR) is 330 cm³/mol. The fourth-order valence-corrected chi connectivity index (χ4v) is 9.04. The van der Waals surface area contributed by atoms with Gasteiger partial charge in [-0.25, -0.2) is 0 Å². The minimum Gasteiger partial charge on any atom is -0.756 e. The van der Waals surface area contributed by atoms with Gasteiger partial charge in [-0.1, -0.05) is 233 Å². The monoisotopic (exact) mass is 1090 g/mol. The van der Waals surface area contributed by atoms with E-state index in [0.29, 0.717) is 23.9 Å². The second kappa shape index (κ2) is 56.0. The van der Waals surface area contributed by atoms with Gasteiger partial charge in [-0.3, -0.25) is 14.2 Å². The number of likely N-dealkylation sites (N-methyl/N-ethyl adjacent to an activating group) is 1. The smallest absolute Gasteiger partial charge is 0.306 e. The van der Waals surface area contributed by atoms with Gasteiger partial charge in [-0.05, 0) is 115 Å². The number of hydrogen-bond acceptors (Lipinski definition) is 7. The zero-order valence-electron chi connectivity index (χ0n) is 50.4. The van der Waals surface area contributed by atoms with E-state index in [4.69, 9.17) is 13.8 Å². The lowest BCUT2D eigenvalue weighted by Gasteiger charge is -2.30. The minimum absolute atomic E-state index is 0.0385. The molecule has 3 atom stereocenters. The van der Waals surface area contributed by atoms with Crippen LogP contribution in [0.5, 0.6) is 0 Å². The quantitative estimate of drug-likeness (QED) is 0.0212. The third-order valence-electron chi connectivity index (χ3n) is 13.2. The number of rotatable bonds is 55. The number of unbranched alkanes of at least 4 members (excludes halogenated alkanes) is 23. The lowest BCUT2D eigenvalue weighted by molar-refractivity contribution is -0.870. The SMILES string of the molecule is CCCCC/C=C\C/C=C\C/C=C\C/C=C\CCCCCCCCCC(=O)NC(COP(=O)([O-])OCC[N+](C)(C)C)C(/C=C\CCCCCCCCCCC)OC(=O)CCC/C=C\C/C=C\C/C=C\C/C=C\CCCCC. The minimum atomic E-state index is -4.72. The van der Waals surface area contributed by atoms with Crippen LogP contribution in [0.2, 0.25) is 0 Å². The summed E-state index contributed by atoms with van der Waals surface area (Å²) in [7, 11) is 1.13. The topological polar surface area (TPSA) is 114 Å². The number of carbonyl (C=O) groups excluding carboxylic acids is 2. The van der Waals surface area contributed by atoms with Crippen molar-refractivity contribution in [2.45, 2.75) is 264 Å². The number of esters is 1. The number of nitrogens with zero attached hydrogens (tertiary/aromatic N) is 1. The van der Waals surface area contributed by atoms with Gasteiger partial charge in [0.2, 0.25) is 5.91 Å². The van der Waals surface area contributed by atoms with E-state index < -0.39 is 32.5 Å². The Bertz CT molecular complexity index is 1690. The molecule has 0 aromatic heterocycles. The zero-order chi connectivity index (χ0) is 56.4. The summed E-state index contributed by atoms with van der Waals surface area (Å²) in [5, 5.41) is 3.00. The van der Waals surface area contributed by atoms with E-state index in [1.807, 2.05) is 27.2 Å². The van der Waals surface area contributed by atoms with Crippen LogP contribution in [0.3, 0.4) is 0 Å². The van der Waals surface area contributed by atoms with Gasteiger partial charge in [0.25, 0.3) is 7.82 Å². The van der Waals surface area contributed by atoms with E-state index >= 15 is 0 Å². The molecule has 0 aliphatic heterocycles. The first-order valence-electron chi connectivity index (χ1n) is 31.2. The van der Waals surface area contributed by atoms with Crippen molar-refractivity contribution in [1.29, 1.82) is 0 Å². The van der Waals surface area contributed by atoms with Gasteiger partial charge >= 0.3 is 5.97 Å². The molecule has 0 heterocycles. The Morgan fingerprint density at radius 3 is 1.23 bits per heavy atom. The van der Waals surface area contributed by atoms with Crippen LogP contribution in [0.15, 0.2) is 109 Å². The Kier molecular flexibility index (Phi) is 53.5. The number of ether oxygens (including phenoxy) is 1. The van der Waals surface area contributed by atoms with E-state index in [-0.39, 0.29) is 25.4 Å². The highest BCUT2D eigenvalue weighted by Gasteiger charge is 2.27. The summed E-state index contributed by atoms with van der Waals surface area (Å²) in [5.41, 5.74) is 0. The molecule has 0 aromatic carbocycles. The molecule has 77 heavy (non-hydrogen) atoms. The maximum Gasteiger partial charge on any atom is 0.306 e. The first-order valence-corrected chi connectivity index (χ1v) is 32.7. The van der Waals surface area contributed by atoms with E-state index in [1.54, 1.807) is 6.08 Å². The molecule has 0 aliphatic rings. The van der Waals surface area contributed by atoms with Crippen molar-refractivity contribution in [1.82, 2.24) is 5.32 Å². The molecule has 0 spiro atoms. The van der Waals surface area contributed by atoms with Gasteiger partial charge in [0, 0.05) is 12.8 Å². The maximum atomic E-state index is 13.5. The summed E-state index contributed by atoms with van der Waals surface area (Å²) in [6.45, 7) is 6.72. The van der Waals surface area contributed by atoms with Crippen LogP contribution in [-0.2, 0) is 27.9 Å². The summed E-state index contributed by atoms with van der Waals surface area (Å²) in [5.74, 6) is -0.625. The summed E-state index contributed by atoms with van der Waals surface area (Å²) < 4.78 is 30.2. The Hall–Kier alpha value is -3.33. The Morgan fingerprint density at radius 2 is 0.805 bits per heavy atom. The number of allylic oxidation sites excluding steroid dienone is 17. The molecule has 0 saturated carbocycles. The highest BCUT2D eigenvalue weighted by molar-refractivity contribution is 7.45. The highest BCUT2D eigenvalue weighted by Crippen LogP contribution is 2.38. The number of carbonyl (C=O) groups is 2. The maximum absolute atomic E-state index is 13.5. The van der Waals surface area contributed by atoms with E-state index in [9.17, 15) is 19.0 Å². The van der Waals surface area contributed by atoms with Crippen molar-refractivity contribution in [2.75, 3.05) is 40.9 Å². The fraction of sp³-hybridized carbons (Fsp3) is 0.701. The van der Waals surface area contributed by atoms with Crippen LogP contribution >= 0.6 is 7.82 Å². The largest absolute Gasteiger partial charge is 0.756 e. The molecule has 0 saturated heterocycles. The van der Waals surface area contributed by atoms with Gasteiger partial charge in [0.05, 0.1) is 33.8 Å². The average Bonchev–Trinajstić information content (AvgIpc) is 3.39. The number of phosphoric ester groups is 1. The summed E-state index contributed by atoms with van der Waals surface area (Å²) in [4.78, 5) is 39.9. The number of hydrogen-bond donors (Lipinski definition) is 1. The Morgan fingerprint density at radius 1 is 0.455 bits per heavy atom. The Labute approximate surface area is 474 Å². The molecule has 1 amide bonds. The second-order valence-corrected chi connectivity index (χ2v) is 23.3. The van der Waals surface area contributed by atoms with Gasteiger partial charge < -0.3 is 28.5 Å². The van der Waals surface area contributed by atoms with E-state index in [2.05, 4.69) is 123 Å². The standard InChI is InChI=1S/C67H117N2O7P/c1-7-10-13-16-19-22-25-27-29-31-32-33-34-35-36-38-39-41-44-47-50-53-56-59-66(70)68-64(63-75-77(72,73)74-62-61-69(4,5)6)65(58-55-52-49-46-43-24-21-18-15-12-9-3)76-67(71)60-57-54-51-48-45-42-40-37-30-28-26-23-20-17-14-11-8-2/h19-20,22-23,27-30,32-33,35-36,40,42,48,51,55,58,64-65H,7-18,21,24-26,31,34,37-39,41,43-47,49-50,52-54,56-57,59-63H2,1-6H3,(H-,68,70,72,73)/b22-19-,23-20-,29-27-,30-28-,33-32-,36-35-,42-40-,51-48-,58-55-. The van der Waals surface area contributed by atoms with Gasteiger partial charge in [0.15, 0.2) is 0 Å². The average molecular weight is 1090 g/mol. The van der Waals surface area contributed by atoms with Crippen molar-refractivity contribution in [3.63, 3.8) is 0 Å². The molecule has 0 bridgehead atoms. The van der Waals surface area contributed by atoms with Crippen LogP contribution in [0.25, 0.3) is 0 Å². The molecule has 0 fully saturated rings. The van der Waals surface area contributed by atoms with Gasteiger partial charge in [-0.15, -0.1) is 0 Å². The molecule has 0 aliphatic carbocycles. The van der Waals surface area contributed by atoms with Crippen LogP contribution in [0.1, 0.15) is 252 Å². The molecule has 442 valence electrons. The molecule has 0 radical (unpaired) electrons. The predicted octanol–water partition coefficient (Wildman–Crippen LogP) is 18.7. The van der Waals surface area contributed by atoms with Crippen molar-refractivity contribution in [3.8, 4) is 0 Å². The van der Waals surface area contributed by atoms with Crippen LogP contribution in [0, 0.1) is 0 Å². The van der Waals surface area contributed by atoms with Crippen molar-refractivity contribution in [2.24, 2.45) is 0 Å². The molecular weight excluding hydrogens is 976 g/mol. The summed E-state index contributed by atoms with van der Waals surface area (Å²) in [6, 6.07) is -0.923. The van der Waals surface area contributed by atoms with Crippen LogP contribution < -0.4 is 10.2 Å². The zero-order valence-corrected chi connectivity index (χ0v) is 51.3. The van der Waals surface area contributed by atoms with E-state index in [0.717, 1.165) is 89.9 Å².